The van der Waals surface area contributed by atoms with E-state index in [-0.39, 0.29) is 23.5 Å². The van der Waals surface area contributed by atoms with Crippen LogP contribution >= 0.6 is 11.6 Å². The van der Waals surface area contributed by atoms with E-state index in [0.29, 0.717) is 45.6 Å². The molecule has 1 N–H and O–H groups in total. The number of rotatable bonds is 14. The molecular formula is C47H64ClN7O3Si. The molecule has 1 saturated heterocycles. The lowest BCUT2D eigenvalue weighted by atomic mass is 9.79. The van der Waals surface area contributed by atoms with Gasteiger partial charge in [-0.05, 0) is 116 Å². The van der Waals surface area contributed by atoms with E-state index < -0.39 is 8.32 Å². The highest BCUT2D eigenvalue weighted by Gasteiger charge is 2.47. The van der Waals surface area contributed by atoms with Gasteiger partial charge in [0.1, 0.15) is 23.4 Å². The van der Waals surface area contributed by atoms with Gasteiger partial charge in [0.2, 0.25) is 5.91 Å². The molecule has 0 radical (unpaired) electrons. The Balaban J connectivity index is 1.02. The van der Waals surface area contributed by atoms with E-state index in [1.807, 2.05) is 36.4 Å². The zero-order valence-electron chi connectivity index (χ0n) is 36.8. The molecule has 1 amide bonds. The van der Waals surface area contributed by atoms with Crippen molar-refractivity contribution >= 4 is 37.3 Å². The van der Waals surface area contributed by atoms with Gasteiger partial charge in [-0.2, -0.15) is 5.10 Å². The molecule has 0 bridgehead atoms. The van der Waals surface area contributed by atoms with Crippen molar-refractivity contribution in [2.24, 2.45) is 0 Å². The monoisotopic (exact) mass is 837 g/mol. The number of carbonyl (C=O) groups excluding carboxylic acids is 1. The lowest BCUT2D eigenvalue weighted by molar-refractivity contribution is -0.116. The van der Waals surface area contributed by atoms with Crippen LogP contribution in [0.15, 0.2) is 66.9 Å². The third kappa shape index (κ3) is 8.84. The quantitative estimate of drug-likeness (QED) is 0.111. The highest BCUT2D eigenvalue weighted by Crippen LogP contribution is 2.45. The number of aromatic nitrogens is 5. The van der Waals surface area contributed by atoms with Crippen molar-refractivity contribution in [2.45, 2.75) is 147 Å². The minimum atomic E-state index is -2.20. The number of fused-ring (bicyclic) bond motifs is 2. The molecule has 1 aliphatic carbocycles. The van der Waals surface area contributed by atoms with Gasteiger partial charge >= 0.3 is 0 Å². The van der Waals surface area contributed by atoms with Crippen LogP contribution in [0, 0.1) is 0 Å². The van der Waals surface area contributed by atoms with E-state index in [0.717, 1.165) is 67.3 Å². The minimum absolute atomic E-state index is 0.0305. The molecule has 5 aromatic rings. The number of anilines is 1. The lowest BCUT2D eigenvalue weighted by Crippen LogP contribution is -2.50. The minimum Gasteiger partial charge on any atom is -0.542 e. The van der Waals surface area contributed by atoms with Gasteiger partial charge in [0.25, 0.3) is 8.32 Å². The first kappa shape index (κ1) is 42.9. The fraction of sp³-hybridized carbons (Fsp3) is 0.532. The Labute approximate surface area is 357 Å². The molecule has 316 valence electrons. The molecule has 7 rings (SSSR count). The standard InChI is InChI=1S/C47H64ClN7O3Si/c1-30(2)59(31(3)4,32(5)6)58-41-24-21-34(27-38(41)48)55-44(28-42(52-55)47(7,8)9)49-45(56)19-13-15-33-20-23-40(37-17-12-11-16-36(33)37)57-35-22-25-43-50-51-46(54(43)29-35)39-18-14-26-53(39)10/h11-12,16-17,21-22,24-25,27-33,39-40H,13-15,18-20,23,26H2,1-10H3,(H,49,56). The Hall–Kier alpha value is -4.19. The number of halogens is 1. The molecular weight excluding hydrogens is 774 g/mol. The number of nitrogens with one attached hydrogen (secondary N) is 1. The van der Waals surface area contributed by atoms with Gasteiger partial charge in [-0.15, -0.1) is 10.2 Å². The van der Waals surface area contributed by atoms with E-state index in [1.54, 1.807) is 4.68 Å². The summed E-state index contributed by atoms with van der Waals surface area (Å²) in [7, 11) is -0.0470. The summed E-state index contributed by atoms with van der Waals surface area (Å²) < 4.78 is 17.6. The molecule has 1 fully saturated rings. The van der Waals surface area contributed by atoms with Crippen molar-refractivity contribution < 1.29 is 14.0 Å². The van der Waals surface area contributed by atoms with Crippen molar-refractivity contribution in [3.8, 4) is 17.2 Å². The first-order valence-electron chi connectivity index (χ1n) is 21.8. The second kappa shape index (κ2) is 17.4. The van der Waals surface area contributed by atoms with E-state index in [4.69, 9.17) is 25.9 Å². The normalized spacial score (nSPS) is 18.9. The number of pyridine rings is 1. The highest BCUT2D eigenvalue weighted by molar-refractivity contribution is 6.78. The smallest absolute Gasteiger partial charge is 0.258 e. The van der Waals surface area contributed by atoms with Crippen molar-refractivity contribution in [1.82, 2.24) is 29.3 Å². The van der Waals surface area contributed by atoms with E-state index >= 15 is 0 Å². The summed E-state index contributed by atoms with van der Waals surface area (Å²) in [4.78, 5) is 16.0. The third-order valence-electron chi connectivity index (χ3n) is 12.9. The molecule has 59 heavy (non-hydrogen) atoms. The van der Waals surface area contributed by atoms with Gasteiger partial charge in [-0.1, -0.05) is 98.2 Å². The van der Waals surface area contributed by atoms with Gasteiger partial charge in [-0.3, -0.25) is 14.1 Å². The first-order chi connectivity index (χ1) is 28.1. The van der Waals surface area contributed by atoms with Crippen LogP contribution < -0.4 is 14.5 Å². The SMILES string of the molecule is CC(C)[Si](Oc1ccc(-n2nc(C(C)(C)C)cc2NC(=O)CCCC2CCC(Oc3ccc4nnc(C5CCCN5C)n4c3)c3ccccc32)cc1Cl)(C(C)C)C(C)C. The molecule has 3 atom stereocenters. The van der Waals surface area contributed by atoms with E-state index in [2.05, 4.69) is 125 Å². The number of nitrogens with zero attached hydrogens (tertiary/aromatic N) is 6. The predicted molar refractivity (Wildman–Crippen MR) is 241 cm³/mol. The lowest BCUT2D eigenvalue weighted by Gasteiger charge is -2.42. The molecule has 10 nitrogen and oxygen atoms in total. The maximum Gasteiger partial charge on any atom is 0.258 e. The zero-order valence-corrected chi connectivity index (χ0v) is 38.5. The van der Waals surface area contributed by atoms with Crippen LogP contribution in [0.2, 0.25) is 21.6 Å². The second-order valence-corrected chi connectivity index (χ2v) is 24.6. The van der Waals surface area contributed by atoms with Crippen LogP contribution in [0.4, 0.5) is 5.82 Å². The molecule has 3 aromatic heterocycles. The van der Waals surface area contributed by atoms with Crippen LogP contribution in [0.25, 0.3) is 11.3 Å². The molecule has 0 saturated carbocycles. The summed E-state index contributed by atoms with van der Waals surface area (Å²) in [5.74, 6) is 3.47. The number of ether oxygens (including phenoxy) is 1. The van der Waals surface area contributed by atoms with Crippen LogP contribution in [0.1, 0.15) is 148 Å². The Morgan fingerprint density at radius 3 is 2.32 bits per heavy atom. The highest BCUT2D eigenvalue weighted by atomic mass is 35.5. The second-order valence-electron chi connectivity index (χ2n) is 18.9. The Kier molecular flexibility index (Phi) is 12.7. The van der Waals surface area contributed by atoms with Crippen LogP contribution in [0.5, 0.6) is 11.5 Å². The largest absolute Gasteiger partial charge is 0.542 e. The van der Waals surface area contributed by atoms with Gasteiger partial charge in [-0.25, -0.2) is 4.68 Å². The number of amides is 1. The Bertz CT molecular complexity index is 2240. The average Bonchev–Trinajstić information content (AvgIpc) is 3.92. The van der Waals surface area contributed by atoms with Crippen LogP contribution in [-0.2, 0) is 10.2 Å². The van der Waals surface area contributed by atoms with Crippen LogP contribution in [-0.4, -0.2) is 57.1 Å². The summed E-state index contributed by atoms with van der Waals surface area (Å²) in [5, 5.41) is 17.7. The summed E-state index contributed by atoms with van der Waals surface area (Å²) in [6, 6.07) is 20.8. The summed E-state index contributed by atoms with van der Waals surface area (Å²) in [6.07, 6.45) is 8.25. The number of hydrogen-bond acceptors (Lipinski definition) is 7. The average molecular weight is 839 g/mol. The Morgan fingerprint density at radius 1 is 0.932 bits per heavy atom. The number of likely N-dealkylation sites (tertiary alicyclic amines) is 1. The molecule has 3 unspecified atom stereocenters. The summed E-state index contributed by atoms with van der Waals surface area (Å²) in [6.45, 7) is 21.1. The topological polar surface area (TPSA) is 98.8 Å². The third-order valence-corrected chi connectivity index (χ3v) is 19.2. The molecule has 4 heterocycles. The molecule has 12 heteroatoms. The maximum atomic E-state index is 13.6. The fourth-order valence-corrected chi connectivity index (χ4v) is 15.4. The molecule has 0 spiro atoms. The van der Waals surface area contributed by atoms with Crippen molar-refractivity contribution in [2.75, 3.05) is 18.9 Å². The zero-order chi connectivity index (χ0) is 42.2. The number of benzene rings is 2. The number of carbonyl (C=O) groups is 1. The summed E-state index contributed by atoms with van der Waals surface area (Å²) in [5.41, 5.74) is 6.09. The van der Waals surface area contributed by atoms with Crippen molar-refractivity contribution in [1.29, 1.82) is 0 Å². The summed E-state index contributed by atoms with van der Waals surface area (Å²) >= 11 is 6.98. The van der Waals surface area contributed by atoms with Gasteiger partial charge in [0.15, 0.2) is 11.5 Å². The van der Waals surface area contributed by atoms with E-state index in [9.17, 15) is 4.79 Å². The van der Waals surface area contributed by atoms with Crippen LogP contribution in [0.3, 0.4) is 0 Å². The fourth-order valence-electron chi connectivity index (χ4n) is 9.84. The van der Waals surface area contributed by atoms with Crippen molar-refractivity contribution in [3.63, 3.8) is 0 Å². The van der Waals surface area contributed by atoms with Gasteiger partial charge < -0.3 is 14.5 Å². The van der Waals surface area contributed by atoms with E-state index in [1.165, 1.54) is 17.5 Å². The molecule has 2 aromatic carbocycles. The van der Waals surface area contributed by atoms with Gasteiger partial charge in [0, 0.05) is 17.9 Å². The molecule has 1 aliphatic heterocycles. The Morgan fingerprint density at radius 2 is 1.66 bits per heavy atom. The molecule has 2 aliphatic rings. The number of hydrogen-bond donors (Lipinski definition) is 1. The first-order valence-corrected chi connectivity index (χ1v) is 24.3. The predicted octanol–water partition coefficient (Wildman–Crippen LogP) is 12.0. The van der Waals surface area contributed by atoms with Crippen molar-refractivity contribution in [3.05, 3.63) is 94.5 Å². The van der Waals surface area contributed by atoms with Gasteiger partial charge in [0.05, 0.1) is 28.6 Å². The maximum absolute atomic E-state index is 13.6.